The molecule has 0 unspecified atom stereocenters. The minimum Gasteiger partial charge on any atom is -0.372 e. The zero-order valence-corrected chi connectivity index (χ0v) is 15.2. The summed E-state index contributed by atoms with van der Waals surface area (Å²) in [5, 5.41) is 3.05. The molecule has 0 heterocycles. The average Bonchev–Trinajstić information content (AvgIpc) is 2.58. The van der Waals surface area contributed by atoms with Crippen LogP contribution in [0.2, 0.25) is 0 Å². The van der Waals surface area contributed by atoms with Crippen molar-refractivity contribution in [3.05, 3.63) is 60.2 Å². The summed E-state index contributed by atoms with van der Waals surface area (Å²) in [7, 11) is 0. The van der Waals surface area contributed by atoms with E-state index in [0.717, 1.165) is 25.2 Å². The molecule has 0 aromatic heterocycles. The monoisotopic (exact) mass is 324 g/mol. The fraction of sp³-hybridized carbons (Fsp3) is 0.381. The van der Waals surface area contributed by atoms with Crippen LogP contribution in [0, 0.1) is 5.41 Å². The van der Waals surface area contributed by atoms with Gasteiger partial charge in [0, 0.05) is 29.9 Å². The van der Waals surface area contributed by atoms with Crippen LogP contribution in [-0.4, -0.2) is 19.0 Å². The Kier molecular flexibility index (Phi) is 6.02. The molecule has 0 fully saturated rings. The van der Waals surface area contributed by atoms with Crippen molar-refractivity contribution in [3.8, 4) is 0 Å². The Balaban J connectivity index is 2.03. The lowest BCUT2D eigenvalue weighted by molar-refractivity contribution is -0.123. The summed E-state index contributed by atoms with van der Waals surface area (Å²) in [5.74, 6) is 0.0435. The van der Waals surface area contributed by atoms with Crippen LogP contribution >= 0.6 is 0 Å². The summed E-state index contributed by atoms with van der Waals surface area (Å²) >= 11 is 0. The Morgan fingerprint density at radius 3 is 2.08 bits per heavy atom. The lowest BCUT2D eigenvalue weighted by Crippen LogP contribution is -2.32. The van der Waals surface area contributed by atoms with Gasteiger partial charge in [-0.2, -0.15) is 0 Å². The molecule has 0 atom stereocenters. The van der Waals surface area contributed by atoms with E-state index in [9.17, 15) is 4.79 Å². The molecule has 2 aromatic rings. The maximum atomic E-state index is 12.6. The number of rotatable bonds is 7. The fourth-order valence-electron chi connectivity index (χ4n) is 2.83. The minimum absolute atomic E-state index is 0.0435. The third-order valence-corrected chi connectivity index (χ3v) is 4.36. The van der Waals surface area contributed by atoms with Gasteiger partial charge in [-0.3, -0.25) is 4.79 Å². The van der Waals surface area contributed by atoms with Gasteiger partial charge in [0.15, 0.2) is 0 Å². The van der Waals surface area contributed by atoms with Crippen LogP contribution < -0.4 is 10.2 Å². The summed E-state index contributed by atoms with van der Waals surface area (Å²) < 4.78 is 0. The predicted molar refractivity (Wildman–Crippen MR) is 103 cm³/mol. The van der Waals surface area contributed by atoms with Gasteiger partial charge >= 0.3 is 0 Å². The summed E-state index contributed by atoms with van der Waals surface area (Å²) in [6.45, 7) is 10.2. The van der Waals surface area contributed by atoms with E-state index >= 15 is 0 Å². The topological polar surface area (TPSA) is 32.3 Å². The highest BCUT2D eigenvalue weighted by Gasteiger charge is 2.27. The van der Waals surface area contributed by atoms with Gasteiger partial charge in [0.1, 0.15) is 0 Å². The number of nitrogens with one attached hydrogen (secondary N) is 1. The number of hydrogen-bond donors (Lipinski definition) is 1. The van der Waals surface area contributed by atoms with Gasteiger partial charge in [-0.25, -0.2) is 0 Å². The van der Waals surface area contributed by atoms with E-state index in [1.54, 1.807) is 0 Å². The highest BCUT2D eigenvalue weighted by atomic mass is 16.2. The molecule has 0 radical (unpaired) electrons. The molecule has 0 aliphatic carbocycles. The van der Waals surface area contributed by atoms with Gasteiger partial charge in [-0.15, -0.1) is 0 Å². The van der Waals surface area contributed by atoms with Crippen LogP contribution in [0.15, 0.2) is 54.6 Å². The van der Waals surface area contributed by atoms with E-state index in [-0.39, 0.29) is 5.91 Å². The highest BCUT2D eigenvalue weighted by molar-refractivity contribution is 5.95. The first-order valence-corrected chi connectivity index (χ1v) is 8.66. The minimum atomic E-state index is -0.459. The molecule has 24 heavy (non-hydrogen) atoms. The van der Waals surface area contributed by atoms with Crippen LogP contribution in [0.5, 0.6) is 0 Å². The Labute approximate surface area is 145 Å². The Morgan fingerprint density at radius 1 is 0.958 bits per heavy atom. The fourth-order valence-corrected chi connectivity index (χ4v) is 2.83. The molecule has 1 N–H and O–H groups in total. The smallest absolute Gasteiger partial charge is 0.230 e. The molecule has 1 amide bonds. The standard InChI is InChI=1S/C21H28N2O/c1-5-23(6-2)19-14-12-18(13-15-19)22-20(24)21(3,4)16-17-10-8-7-9-11-17/h7-15H,5-6,16H2,1-4H3,(H,22,24). The van der Waals surface area contributed by atoms with E-state index in [1.165, 1.54) is 11.3 Å². The van der Waals surface area contributed by atoms with Gasteiger partial charge in [0.05, 0.1) is 0 Å². The summed E-state index contributed by atoms with van der Waals surface area (Å²) in [6, 6.07) is 18.2. The van der Waals surface area contributed by atoms with E-state index in [0.29, 0.717) is 0 Å². The lowest BCUT2D eigenvalue weighted by Gasteiger charge is -2.24. The molecule has 2 aromatic carbocycles. The second-order valence-corrected chi connectivity index (χ2v) is 6.72. The highest BCUT2D eigenvalue weighted by Crippen LogP contribution is 2.25. The number of amides is 1. The van der Waals surface area contributed by atoms with Crippen LogP contribution in [0.1, 0.15) is 33.3 Å². The summed E-state index contributed by atoms with van der Waals surface area (Å²) in [4.78, 5) is 14.9. The van der Waals surface area contributed by atoms with Gasteiger partial charge < -0.3 is 10.2 Å². The van der Waals surface area contributed by atoms with Crippen LogP contribution in [0.3, 0.4) is 0 Å². The third-order valence-electron chi connectivity index (χ3n) is 4.36. The number of carbonyl (C=O) groups is 1. The van der Waals surface area contributed by atoms with Gasteiger partial charge in [0.25, 0.3) is 0 Å². The third kappa shape index (κ3) is 4.60. The maximum Gasteiger partial charge on any atom is 0.230 e. The van der Waals surface area contributed by atoms with Gasteiger partial charge in [-0.05, 0) is 50.1 Å². The molecule has 128 valence electrons. The second-order valence-electron chi connectivity index (χ2n) is 6.72. The van der Waals surface area contributed by atoms with E-state index < -0.39 is 5.41 Å². The maximum absolute atomic E-state index is 12.6. The molecule has 0 aliphatic heterocycles. The molecule has 2 rings (SSSR count). The van der Waals surface area contributed by atoms with Crippen molar-refractivity contribution >= 4 is 17.3 Å². The average molecular weight is 324 g/mol. The van der Waals surface area contributed by atoms with Crippen molar-refractivity contribution in [3.63, 3.8) is 0 Å². The molecule has 0 saturated carbocycles. The molecule has 0 bridgehead atoms. The van der Waals surface area contributed by atoms with Crippen molar-refractivity contribution in [2.45, 2.75) is 34.1 Å². The van der Waals surface area contributed by atoms with Crippen molar-refractivity contribution in [1.29, 1.82) is 0 Å². The largest absolute Gasteiger partial charge is 0.372 e. The van der Waals surface area contributed by atoms with Crippen molar-refractivity contribution in [1.82, 2.24) is 0 Å². The van der Waals surface area contributed by atoms with Crippen molar-refractivity contribution in [2.24, 2.45) is 5.41 Å². The van der Waals surface area contributed by atoms with E-state index in [1.807, 2.05) is 44.2 Å². The molecular weight excluding hydrogens is 296 g/mol. The van der Waals surface area contributed by atoms with Crippen molar-refractivity contribution < 1.29 is 4.79 Å². The lowest BCUT2D eigenvalue weighted by atomic mass is 9.84. The molecule has 3 heteroatoms. The molecule has 0 saturated heterocycles. The van der Waals surface area contributed by atoms with Crippen LogP contribution in [0.4, 0.5) is 11.4 Å². The van der Waals surface area contributed by atoms with E-state index in [4.69, 9.17) is 0 Å². The van der Waals surface area contributed by atoms with Crippen LogP contribution in [0.25, 0.3) is 0 Å². The molecule has 0 spiro atoms. The Hall–Kier alpha value is -2.29. The first kappa shape index (κ1) is 18.1. The van der Waals surface area contributed by atoms with Gasteiger partial charge in [0.2, 0.25) is 5.91 Å². The normalized spacial score (nSPS) is 11.2. The Morgan fingerprint density at radius 2 is 1.54 bits per heavy atom. The Bertz CT molecular complexity index is 643. The first-order chi connectivity index (χ1) is 11.5. The SMILES string of the molecule is CCN(CC)c1ccc(NC(=O)C(C)(C)Cc2ccccc2)cc1. The summed E-state index contributed by atoms with van der Waals surface area (Å²) in [6.07, 6.45) is 0.719. The number of anilines is 2. The van der Waals surface area contributed by atoms with Crippen LogP contribution in [-0.2, 0) is 11.2 Å². The zero-order valence-electron chi connectivity index (χ0n) is 15.2. The second kappa shape index (κ2) is 8.00. The number of carbonyl (C=O) groups excluding carboxylic acids is 1. The van der Waals surface area contributed by atoms with Gasteiger partial charge in [-0.1, -0.05) is 44.2 Å². The quantitative estimate of drug-likeness (QED) is 0.798. The number of benzene rings is 2. The number of hydrogen-bond acceptors (Lipinski definition) is 2. The molecule has 0 aliphatic rings. The number of nitrogens with zero attached hydrogens (tertiary/aromatic N) is 1. The zero-order chi connectivity index (χ0) is 17.6. The van der Waals surface area contributed by atoms with E-state index in [2.05, 4.69) is 48.3 Å². The van der Waals surface area contributed by atoms with Crippen molar-refractivity contribution in [2.75, 3.05) is 23.3 Å². The summed E-state index contributed by atoms with van der Waals surface area (Å²) in [5.41, 5.74) is 2.74. The molecule has 3 nitrogen and oxygen atoms in total. The first-order valence-electron chi connectivity index (χ1n) is 8.66. The predicted octanol–water partition coefficient (Wildman–Crippen LogP) is 4.74. The molecular formula is C21H28N2O.